The lowest BCUT2D eigenvalue weighted by Gasteiger charge is -2.37. The topological polar surface area (TPSA) is 69.7 Å². The summed E-state index contributed by atoms with van der Waals surface area (Å²) in [5, 5.41) is 4.55. The number of fused-ring (bicyclic) bond motifs is 2. The molecule has 0 bridgehead atoms. The second-order valence-electron chi connectivity index (χ2n) is 7.08. The minimum Gasteiger partial charge on any atom is -0.363 e. The third-order valence-corrected chi connectivity index (χ3v) is 5.50. The molecule has 0 aromatic carbocycles. The molecule has 2 aliphatic heterocycles. The number of nitrogens with zero attached hydrogens (tertiary/aromatic N) is 4. The number of aromatic amines is 1. The summed E-state index contributed by atoms with van der Waals surface area (Å²) in [5.41, 5.74) is 7.11. The normalized spacial score (nSPS) is 20.1. The number of hydrogen-bond donors (Lipinski definition) is 2. The fourth-order valence-electron chi connectivity index (χ4n) is 4.14. The molecule has 1 atom stereocenters. The highest BCUT2D eigenvalue weighted by molar-refractivity contribution is 5.90. The van der Waals surface area contributed by atoms with E-state index in [0.29, 0.717) is 6.04 Å². The molecule has 5 rings (SSSR count). The zero-order valence-electron chi connectivity index (χ0n) is 14.9. The summed E-state index contributed by atoms with van der Waals surface area (Å²) in [6.07, 6.45) is 9.80. The fraction of sp³-hybridized carbons (Fsp3) is 0.350. The van der Waals surface area contributed by atoms with Gasteiger partial charge < -0.3 is 15.2 Å². The smallest absolute Gasteiger partial charge is 0.139 e. The molecule has 2 N–H and O–H groups in total. The summed E-state index contributed by atoms with van der Waals surface area (Å²) in [7, 11) is 0. The van der Waals surface area contributed by atoms with Crippen molar-refractivity contribution >= 4 is 22.3 Å². The van der Waals surface area contributed by atoms with Crippen molar-refractivity contribution in [2.75, 3.05) is 18.0 Å². The van der Waals surface area contributed by atoms with Crippen LogP contribution in [-0.2, 0) is 13.0 Å². The number of anilines is 1. The zero-order chi connectivity index (χ0) is 17.5. The van der Waals surface area contributed by atoms with Gasteiger partial charge in [0.25, 0.3) is 0 Å². The highest BCUT2D eigenvalue weighted by Gasteiger charge is 2.28. The Morgan fingerprint density at radius 2 is 2.15 bits per heavy atom. The minimum absolute atomic E-state index is 0.382. The Bertz CT molecular complexity index is 989. The summed E-state index contributed by atoms with van der Waals surface area (Å²) < 4.78 is 0. The van der Waals surface area contributed by atoms with E-state index in [4.69, 9.17) is 0 Å². The van der Waals surface area contributed by atoms with Crippen LogP contribution < -0.4 is 10.2 Å². The van der Waals surface area contributed by atoms with Crippen LogP contribution in [-0.4, -0.2) is 39.1 Å². The Kier molecular flexibility index (Phi) is 3.71. The third-order valence-electron chi connectivity index (χ3n) is 5.50. The van der Waals surface area contributed by atoms with Crippen LogP contribution in [0.25, 0.3) is 16.6 Å². The zero-order valence-corrected chi connectivity index (χ0v) is 14.9. The van der Waals surface area contributed by atoms with E-state index >= 15 is 0 Å². The van der Waals surface area contributed by atoms with Crippen molar-refractivity contribution in [3.8, 4) is 0 Å². The number of H-pyrrole nitrogens is 1. The van der Waals surface area contributed by atoms with Gasteiger partial charge in [-0.1, -0.05) is 6.08 Å². The average molecular weight is 346 g/mol. The molecule has 6 heteroatoms. The first-order valence-electron chi connectivity index (χ1n) is 9.23. The summed E-state index contributed by atoms with van der Waals surface area (Å²) in [6, 6.07) is 4.61. The van der Waals surface area contributed by atoms with Crippen molar-refractivity contribution < 1.29 is 0 Å². The van der Waals surface area contributed by atoms with Gasteiger partial charge in [0.2, 0.25) is 0 Å². The summed E-state index contributed by atoms with van der Waals surface area (Å²) >= 11 is 0. The lowest BCUT2D eigenvalue weighted by Crippen LogP contribution is -2.39. The summed E-state index contributed by atoms with van der Waals surface area (Å²) in [6.45, 7) is 5.04. The number of pyridine rings is 1. The monoisotopic (exact) mass is 346 g/mol. The van der Waals surface area contributed by atoms with Crippen molar-refractivity contribution in [1.82, 2.24) is 25.3 Å². The summed E-state index contributed by atoms with van der Waals surface area (Å²) in [4.78, 5) is 19.4. The van der Waals surface area contributed by atoms with Gasteiger partial charge in [0.05, 0.1) is 11.4 Å². The molecule has 0 radical (unpaired) electrons. The van der Waals surface area contributed by atoms with Crippen molar-refractivity contribution in [2.24, 2.45) is 0 Å². The standard InChI is InChI=1S/C20H22N6/c1-13-10-17-16(19(25-12-24-17)14-2-6-21-7-3-14)11-26(13)18-5-9-23-20-15(18)4-8-22-20/h2,4-5,8-9,12-13,21H,3,6-7,10-11H2,1H3,(H,22,23). The number of hydrogen-bond acceptors (Lipinski definition) is 5. The maximum atomic E-state index is 4.67. The number of rotatable bonds is 2. The molecule has 0 saturated carbocycles. The second-order valence-corrected chi connectivity index (χ2v) is 7.08. The maximum absolute atomic E-state index is 4.67. The molecule has 0 fully saturated rings. The highest BCUT2D eigenvalue weighted by Crippen LogP contribution is 2.34. The summed E-state index contributed by atoms with van der Waals surface area (Å²) in [5.74, 6) is 0. The largest absolute Gasteiger partial charge is 0.363 e. The van der Waals surface area contributed by atoms with E-state index in [1.54, 1.807) is 6.33 Å². The Morgan fingerprint density at radius 1 is 1.19 bits per heavy atom. The molecule has 6 nitrogen and oxygen atoms in total. The van der Waals surface area contributed by atoms with Crippen LogP contribution in [0.15, 0.2) is 36.9 Å². The first kappa shape index (κ1) is 15.5. The molecule has 1 unspecified atom stereocenters. The predicted octanol–water partition coefficient (Wildman–Crippen LogP) is 2.68. The molecule has 5 heterocycles. The molecule has 26 heavy (non-hydrogen) atoms. The molecule has 0 amide bonds. The molecule has 3 aromatic heterocycles. The second kappa shape index (κ2) is 6.21. The number of aromatic nitrogens is 4. The molecule has 0 aliphatic carbocycles. The SMILES string of the molecule is CC1Cc2ncnc(C3=CCNCC3)c2CN1c1ccnc2[nH]ccc12. The molecular formula is C20H22N6. The lowest BCUT2D eigenvalue weighted by molar-refractivity contribution is 0.578. The van der Waals surface area contributed by atoms with E-state index in [1.807, 2.05) is 12.4 Å². The first-order chi connectivity index (χ1) is 12.8. The Morgan fingerprint density at radius 3 is 3.04 bits per heavy atom. The molecule has 0 spiro atoms. The van der Waals surface area contributed by atoms with Crippen LogP contribution in [0.2, 0.25) is 0 Å². The van der Waals surface area contributed by atoms with Gasteiger partial charge in [-0.05, 0) is 37.6 Å². The lowest BCUT2D eigenvalue weighted by atomic mass is 9.93. The highest BCUT2D eigenvalue weighted by atomic mass is 15.2. The Balaban J connectivity index is 1.59. The number of nitrogens with one attached hydrogen (secondary N) is 2. The molecular weight excluding hydrogens is 324 g/mol. The predicted molar refractivity (Wildman–Crippen MR) is 103 cm³/mol. The van der Waals surface area contributed by atoms with Gasteiger partial charge >= 0.3 is 0 Å². The van der Waals surface area contributed by atoms with E-state index in [0.717, 1.165) is 43.8 Å². The fourth-order valence-corrected chi connectivity index (χ4v) is 4.14. The van der Waals surface area contributed by atoms with Crippen LogP contribution in [0, 0.1) is 0 Å². The van der Waals surface area contributed by atoms with Gasteiger partial charge in [-0.2, -0.15) is 0 Å². The van der Waals surface area contributed by atoms with Gasteiger partial charge in [0, 0.05) is 54.6 Å². The van der Waals surface area contributed by atoms with Gasteiger partial charge in [-0.3, -0.25) is 0 Å². The van der Waals surface area contributed by atoms with E-state index in [2.05, 4.69) is 55.3 Å². The molecule has 132 valence electrons. The quantitative estimate of drug-likeness (QED) is 0.747. The Labute approximate surface area is 152 Å². The van der Waals surface area contributed by atoms with E-state index in [-0.39, 0.29) is 0 Å². The molecule has 2 aliphatic rings. The van der Waals surface area contributed by atoms with Gasteiger partial charge in [-0.15, -0.1) is 0 Å². The van der Waals surface area contributed by atoms with Crippen LogP contribution in [0.4, 0.5) is 5.69 Å². The van der Waals surface area contributed by atoms with E-state index in [1.165, 1.54) is 27.9 Å². The molecule has 0 saturated heterocycles. The maximum Gasteiger partial charge on any atom is 0.139 e. The molecule has 3 aromatic rings. The van der Waals surface area contributed by atoms with Crippen LogP contribution >= 0.6 is 0 Å². The third kappa shape index (κ3) is 2.49. The van der Waals surface area contributed by atoms with Crippen LogP contribution in [0.5, 0.6) is 0 Å². The first-order valence-corrected chi connectivity index (χ1v) is 9.23. The average Bonchev–Trinajstić information content (AvgIpc) is 3.16. The van der Waals surface area contributed by atoms with Gasteiger partial charge in [0.15, 0.2) is 0 Å². The van der Waals surface area contributed by atoms with Gasteiger partial charge in [0.1, 0.15) is 12.0 Å². The van der Waals surface area contributed by atoms with Gasteiger partial charge in [-0.25, -0.2) is 15.0 Å². The van der Waals surface area contributed by atoms with Crippen molar-refractivity contribution in [1.29, 1.82) is 0 Å². The van der Waals surface area contributed by atoms with Crippen LogP contribution in [0.1, 0.15) is 30.3 Å². The van der Waals surface area contributed by atoms with Crippen molar-refractivity contribution in [2.45, 2.75) is 32.4 Å². The van der Waals surface area contributed by atoms with E-state index < -0.39 is 0 Å². The van der Waals surface area contributed by atoms with Crippen LogP contribution in [0.3, 0.4) is 0 Å². The van der Waals surface area contributed by atoms with Crippen molar-refractivity contribution in [3.63, 3.8) is 0 Å². The minimum atomic E-state index is 0.382. The van der Waals surface area contributed by atoms with Crippen molar-refractivity contribution in [3.05, 3.63) is 53.9 Å². The Hall–Kier alpha value is -2.73. The van der Waals surface area contributed by atoms with E-state index in [9.17, 15) is 0 Å².